The molecule has 5 heteroatoms. The van der Waals surface area contributed by atoms with E-state index in [0.717, 1.165) is 20.2 Å². The first-order valence-corrected chi connectivity index (χ1v) is 5.43. The molecule has 0 bridgehead atoms. The first kappa shape index (κ1) is 9.73. The van der Waals surface area contributed by atoms with Gasteiger partial charge in [-0.1, -0.05) is 37.0 Å². The molecule has 0 radical (unpaired) electrons. The van der Waals surface area contributed by atoms with Crippen LogP contribution in [-0.2, 0) is 0 Å². The van der Waals surface area contributed by atoms with Crippen LogP contribution in [0.5, 0.6) is 0 Å². The number of nitrogens with zero attached hydrogens (tertiary/aromatic N) is 1. The number of rotatable bonds is 1. The lowest BCUT2D eigenvalue weighted by atomic mass is 10.1. The fourth-order valence-electron chi connectivity index (χ4n) is 1.11. The summed E-state index contributed by atoms with van der Waals surface area (Å²) < 4.78 is 6.74. The molecule has 1 heterocycles. The fourth-order valence-corrected chi connectivity index (χ4v) is 1.92. The second-order valence-corrected chi connectivity index (χ2v) is 4.51. The topological polar surface area (TPSA) is 52.0 Å². The molecule has 1 aromatic heterocycles. The summed E-state index contributed by atoms with van der Waals surface area (Å²) in [6.45, 7) is 0. The summed E-state index contributed by atoms with van der Waals surface area (Å²) in [7, 11) is 0. The third-order valence-electron chi connectivity index (χ3n) is 1.73. The lowest BCUT2D eigenvalue weighted by molar-refractivity contribution is 0.439. The van der Waals surface area contributed by atoms with Crippen molar-refractivity contribution in [2.45, 2.75) is 0 Å². The molecule has 0 atom stereocenters. The Morgan fingerprint density at radius 1 is 1.21 bits per heavy atom. The van der Waals surface area contributed by atoms with E-state index in [2.05, 4.69) is 37.0 Å². The van der Waals surface area contributed by atoms with Gasteiger partial charge in [0.1, 0.15) is 5.69 Å². The van der Waals surface area contributed by atoms with Gasteiger partial charge in [-0.2, -0.15) is 0 Å². The van der Waals surface area contributed by atoms with Crippen molar-refractivity contribution in [3.63, 3.8) is 0 Å². The number of nitrogen functional groups attached to an aromatic ring is 1. The van der Waals surface area contributed by atoms with E-state index >= 15 is 0 Å². The van der Waals surface area contributed by atoms with E-state index in [1.54, 1.807) is 6.07 Å². The monoisotopic (exact) mass is 316 g/mol. The molecule has 0 aliphatic rings. The van der Waals surface area contributed by atoms with Crippen LogP contribution >= 0.6 is 31.9 Å². The van der Waals surface area contributed by atoms with Crippen LogP contribution in [0.25, 0.3) is 11.3 Å². The molecule has 0 aliphatic heterocycles. The van der Waals surface area contributed by atoms with E-state index in [-0.39, 0.29) is 0 Å². The van der Waals surface area contributed by atoms with Gasteiger partial charge in [-0.25, -0.2) is 0 Å². The second-order valence-electron chi connectivity index (χ2n) is 2.74. The smallest absolute Gasteiger partial charge is 0.222 e. The largest absolute Gasteiger partial charge is 0.368 e. The average molecular weight is 318 g/mol. The highest BCUT2D eigenvalue weighted by Crippen LogP contribution is 2.30. The minimum absolute atomic E-state index is 0.312. The van der Waals surface area contributed by atoms with Gasteiger partial charge in [0.2, 0.25) is 5.88 Å². The molecule has 0 amide bonds. The van der Waals surface area contributed by atoms with Gasteiger partial charge in [-0.05, 0) is 18.2 Å². The van der Waals surface area contributed by atoms with E-state index < -0.39 is 0 Å². The van der Waals surface area contributed by atoms with E-state index in [0.29, 0.717) is 5.88 Å². The average Bonchev–Trinajstić information content (AvgIpc) is 2.56. The minimum atomic E-state index is 0.312. The van der Waals surface area contributed by atoms with Crippen LogP contribution in [0.2, 0.25) is 0 Å². The van der Waals surface area contributed by atoms with Crippen LogP contribution in [0.1, 0.15) is 0 Å². The lowest BCUT2D eigenvalue weighted by Crippen LogP contribution is -1.80. The number of halogens is 2. The summed E-state index contributed by atoms with van der Waals surface area (Å²) in [5, 5.41) is 3.84. The SMILES string of the molecule is Nc1cc(-c2cc(Br)ccc2Br)no1. The van der Waals surface area contributed by atoms with Crippen molar-refractivity contribution in [2.75, 3.05) is 5.73 Å². The molecule has 0 fully saturated rings. The van der Waals surface area contributed by atoms with Crippen LogP contribution in [0.4, 0.5) is 5.88 Å². The van der Waals surface area contributed by atoms with Gasteiger partial charge in [0.25, 0.3) is 0 Å². The quantitative estimate of drug-likeness (QED) is 0.876. The number of nitrogens with two attached hydrogens (primary N) is 1. The number of hydrogen-bond donors (Lipinski definition) is 1. The van der Waals surface area contributed by atoms with Gasteiger partial charge in [-0.3, -0.25) is 0 Å². The first-order chi connectivity index (χ1) is 6.66. The van der Waals surface area contributed by atoms with Crippen molar-refractivity contribution in [1.29, 1.82) is 0 Å². The molecule has 0 saturated heterocycles. The Morgan fingerprint density at radius 2 is 2.00 bits per heavy atom. The van der Waals surface area contributed by atoms with Crippen LogP contribution in [-0.4, -0.2) is 5.16 Å². The maximum atomic E-state index is 5.45. The van der Waals surface area contributed by atoms with Gasteiger partial charge in [-0.15, -0.1) is 0 Å². The second kappa shape index (κ2) is 3.74. The number of hydrogen-bond acceptors (Lipinski definition) is 3. The van der Waals surface area contributed by atoms with Gasteiger partial charge in [0, 0.05) is 20.6 Å². The molecule has 14 heavy (non-hydrogen) atoms. The standard InChI is InChI=1S/C9H6Br2N2O/c10-5-1-2-7(11)6(3-5)8-4-9(12)14-13-8/h1-4H,12H2. The maximum absolute atomic E-state index is 5.45. The Kier molecular flexibility index (Phi) is 2.60. The van der Waals surface area contributed by atoms with Gasteiger partial charge in [0.15, 0.2) is 0 Å². The van der Waals surface area contributed by atoms with Gasteiger partial charge >= 0.3 is 0 Å². The zero-order valence-corrected chi connectivity index (χ0v) is 10.2. The van der Waals surface area contributed by atoms with Crippen molar-refractivity contribution in [3.8, 4) is 11.3 Å². The van der Waals surface area contributed by atoms with Crippen molar-refractivity contribution < 1.29 is 4.52 Å². The summed E-state index contributed by atoms with van der Waals surface area (Å²) >= 11 is 6.82. The van der Waals surface area contributed by atoms with Crippen LogP contribution in [0, 0.1) is 0 Å². The Hall–Kier alpha value is -0.810. The normalized spacial score (nSPS) is 10.4. The summed E-state index contributed by atoms with van der Waals surface area (Å²) in [5.41, 5.74) is 7.11. The Balaban J connectivity index is 2.55. The molecule has 0 unspecified atom stereocenters. The number of benzene rings is 1. The van der Waals surface area contributed by atoms with Crippen LogP contribution < -0.4 is 5.73 Å². The molecule has 0 spiro atoms. The van der Waals surface area contributed by atoms with E-state index in [9.17, 15) is 0 Å². The maximum Gasteiger partial charge on any atom is 0.222 e. The molecule has 1 aromatic carbocycles. The minimum Gasteiger partial charge on any atom is -0.368 e. The summed E-state index contributed by atoms with van der Waals surface area (Å²) in [4.78, 5) is 0. The third-order valence-corrected chi connectivity index (χ3v) is 2.92. The Labute approximate surface area is 97.5 Å². The first-order valence-electron chi connectivity index (χ1n) is 3.84. The van der Waals surface area contributed by atoms with Crippen molar-refractivity contribution in [1.82, 2.24) is 5.16 Å². The highest BCUT2D eigenvalue weighted by atomic mass is 79.9. The predicted octanol–water partition coefficient (Wildman–Crippen LogP) is 3.45. The van der Waals surface area contributed by atoms with Crippen LogP contribution in [0.3, 0.4) is 0 Å². The van der Waals surface area contributed by atoms with E-state index in [1.165, 1.54) is 0 Å². The molecule has 2 rings (SSSR count). The highest BCUT2D eigenvalue weighted by molar-refractivity contribution is 9.11. The number of aromatic nitrogens is 1. The summed E-state index contributed by atoms with van der Waals surface area (Å²) in [6, 6.07) is 7.51. The van der Waals surface area contributed by atoms with E-state index in [4.69, 9.17) is 10.3 Å². The molecule has 72 valence electrons. The highest BCUT2D eigenvalue weighted by Gasteiger charge is 2.08. The molecule has 2 N–H and O–H groups in total. The van der Waals surface area contributed by atoms with Crippen molar-refractivity contribution in [2.24, 2.45) is 0 Å². The Bertz CT molecular complexity index is 468. The van der Waals surface area contributed by atoms with Crippen LogP contribution in [0.15, 0.2) is 37.7 Å². The fraction of sp³-hybridized carbons (Fsp3) is 0. The predicted molar refractivity (Wildman–Crippen MR) is 61.8 cm³/mol. The molecule has 2 aromatic rings. The Morgan fingerprint density at radius 3 is 2.64 bits per heavy atom. The van der Waals surface area contributed by atoms with Gasteiger partial charge in [0.05, 0.1) is 0 Å². The molecular weight excluding hydrogens is 312 g/mol. The molecular formula is C9H6Br2N2O. The summed E-state index contributed by atoms with van der Waals surface area (Å²) in [6.07, 6.45) is 0. The molecule has 0 aliphatic carbocycles. The number of anilines is 1. The zero-order valence-electron chi connectivity index (χ0n) is 7.00. The lowest BCUT2D eigenvalue weighted by Gasteiger charge is -1.99. The summed E-state index contributed by atoms with van der Waals surface area (Å²) in [5.74, 6) is 0.312. The molecule has 3 nitrogen and oxygen atoms in total. The van der Waals surface area contributed by atoms with E-state index in [1.807, 2.05) is 18.2 Å². The van der Waals surface area contributed by atoms with Crippen molar-refractivity contribution >= 4 is 37.7 Å². The molecule has 0 saturated carbocycles. The van der Waals surface area contributed by atoms with Crippen molar-refractivity contribution in [3.05, 3.63) is 33.2 Å². The zero-order chi connectivity index (χ0) is 10.1. The third kappa shape index (κ3) is 1.83. The van der Waals surface area contributed by atoms with Gasteiger partial charge < -0.3 is 10.3 Å².